The highest BCUT2D eigenvalue weighted by Gasteiger charge is 2.38. The van der Waals surface area contributed by atoms with E-state index in [9.17, 15) is 18.0 Å². The molecule has 5 rings (SSSR count). The maximum atomic E-state index is 13.1. The van der Waals surface area contributed by atoms with Crippen molar-refractivity contribution >= 4 is 58.1 Å². The minimum Gasteiger partial charge on any atom is -0.475 e. The van der Waals surface area contributed by atoms with Gasteiger partial charge < -0.3 is 26.4 Å². The molecule has 2 heterocycles. The van der Waals surface area contributed by atoms with Gasteiger partial charge in [-0.05, 0) is 78.3 Å². The first-order valence-electron chi connectivity index (χ1n) is 13.7. The van der Waals surface area contributed by atoms with Crippen LogP contribution in [-0.4, -0.2) is 33.3 Å². The lowest BCUT2D eigenvalue weighted by Gasteiger charge is -2.18. The molecule has 1 unspecified atom stereocenters. The van der Waals surface area contributed by atoms with Crippen LogP contribution in [-0.2, 0) is 17.6 Å². The Bertz CT molecular complexity index is 1650. The number of hydrogen-bond donors (Lipinski definition) is 5. The largest absolute Gasteiger partial charge is 0.490 e. The molecule has 0 fully saturated rings. The molecule has 2 amide bonds. The number of hydrogen-bond acceptors (Lipinski definition) is 6. The Balaban J connectivity index is 0.000000566. The molecule has 1 aliphatic rings. The van der Waals surface area contributed by atoms with Crippen LogP contribution in [0.5, 0.6) is 0 Å². The molecule has 9 nitrogen and oxygen atoms in total. The maximum absolute atomic E-state index is 13.1. The van der Waals surface area contributed by atoms with E-state index in [0.717, 1.165) is 58.7 Å². The number of aromatic nitrogens is 2. The molecule has 0 aliphatic carbocycles. The van der Waals surface area contributed by atoms with Gasteiger partial charge in [0.15, 0.2) is 5.82 Å². The number of benzene rings is 3. The number of rotatable bonds is 4. The fourth-order valence-corrected chi connectivity index (χ4v) is 4.54. The van der Waals surface area contributed by atoms with E-state index in [0.29, 0.717) is 22.7 Å². The zero-order chi connectivity index (χ0) is 31.9. The van der Waals surface area contributed by atoms with Crippen LogP contribution in [0.2, 0.25) is 5.02 Å². The molecule has 1 aliphatic heterocycles. The summed E-state index contributed by atoms with van der Waals surface area (Å²) in [4.78, 5) is 30.8. The zero-order valence-corrected chi connectivity index (χ0v) is 24.6. The topological polar surface area (TPSA) is 128 Å². The number of para-hydroxylation sites is 1. The highest BCUT2D eigenvalue weighted by atomic mass is 35.5. The maximum Gasteiger partial charge on any atom is 0.490 e. The Morgan fingerprint density at radius 3 is 2.41 bits per heavy atom. The van der Waals surface area contributed by atoms with Crippen LogP contribution in [0.1, 0.15) is 42.9 Å². The average Bonchev–Trinajstić information content (AvgIpc) is 2.99. The lowest BCUT2D eigenvalue weighted by Crippen LogP contribution is -2.21. The molecule has 3 aromatic carbocycles. The molecule has 230 valence electrons. The van der Waals surface area contributed by atoms with Gasteiger partial charge >= 0.3 is 18.2 Å². The molecule has 0 spiro atoms. The lowest BCUT2D eigenvalue weighted by molar-refractivity contribution is -0.192. The molecule has 0 radical (unpaired) electrons. The first kappa shape index (κ1) is 32.1. The molecule has 44 heavy (non-hydrogen) atoms. The van der Waals surface area contributed by atoms with E-state index in [-0.39, 0.29) is 6.03 Å². The van der Waals surface area contributed by atoms with Crippen LogP contribution in [0, 0.1) is 0 Å². The van der Waals surface area contributed by atoms with Crippen molar-refractivity contribution in [3.05, 3.63) is 94.6 Å². The van der Waals surface area contributed by atoms with E-state index in [4.69, 9.17) is 21.5 Å². The number of halogens is 4. The third kappa shape index (κ3) is 8.60. The normalized spacial score (nSPS) is 12.8. The summed E-state index contributed by atoms with van der Waals surface area (Å²) in [7, 11) is 0. The molecule has 4 aromatic rings. The number of amides is 2. The van der Waals surface area contributed by atoms with E-state index in [2.05, 4.69) is 63.3 Å². The third-order valence-electron chi connectivity index (χ3n) is 6.82. The number of nitrogens with zero attached hydrogens (tertiary/aromatic N) is 2. The van der Waals surface area contributed by atoms with Crippen LogP contribution < -0.4 is 21.3 Å². The van der Waals surface area contributed by atoms with Crippen molar-refractivity contribution in [3.8, 4) is 0 Å². The summed E-state index contributed by atoms with van der Waals surface area (Å²) < 4.78 is 31.7. The summed E-state index contributed by atoms with van der Waals surface area (Å²) in [5.41, 5.74) is 6.58. The predicted octanol–water partition coefficient (Wildman–Crippen LogP) is 8.51. The van der Waals surface area contributed by atoms with Gasteiger partial charge in [-0.25, -0.2) is 14.6 Å². The number of carboxylic acids is 1. The summed E-state index contributed by atoms with van der Waals surface area (Å²) in [5.74, 6) is -1.45. The molecule has 13 heteroatoms. The van der Waals surface area contributed by atoms with E-state index in [1.165, 1.54) is 0 Å². The van der Waals surface area contributed by atoms with Crippen molar-refractivity contribution in [2.75, 3.05) is 21.3 Å². The number of carbonyl (C=O) groups excluding carboxylic acids is 1. The fraction of sp³-hybridized carbons (Fsp3) is 0.226. The Kier molecular flexibility index (Phi) is 10.3. The zero-order valence-electron chi connectivity index (χ0n) is 23.8. The number of aliphatic carboxylic acids is 1. The van der Waals surface area contributed by atoms with Gasteiger partial charge in [0, 0.05) is 22.7 Å². The van der Waals surface area contributed by atoms with Crippen LogP contribution in [0.15, 0.2) is 72.9 Å². The predicted molar refractivity (Wildman–Crippen MR) is 165 cm³/mol. The number of carboxylic acid groups (broad SMARTS) is 1. The number of fused-ring (bicyclic) bond motifs is 6. The standard InChI is InChI=1S/C29H29ClN6O.C2HF3O2/c1-3-18(2)23-9-4-5-10-26(23)35-29(37)34-25-14-13-22-16-20(25)12-11-19-7-6-8-21(15-19)33-28-31-17-24(30)27(32-22)36-28;3-2(4,5)1(6)7/h4-10,13-18H,3,11-12H2,1-2H3,(H2,34,35,37)(H2,31,32,33,36);(H,6,7). The second kappa shape index (κ2) is 14.1. The van der Waals surface area contributed by atoms with Gasteiger partial charge in [-0.2, -0.15) is 18.2 Å². The van der Waals surface area contributed by atoms with Gasteiger partial charge in [0.2, 0.25) is 5.95 Å². The summed E-state index contributed by atoms with van der Waals surface area (Å²) in [6.07, 6.45) is -0.991. The number of urea groups is 1. The van der Waals surface area contributed by atoms with Crippen molar-refractivity contribution in [2.45, 2.75) is 45.2 Å². The minimum atomic E-state index is -5.08. The average molecular weight is 627 g/mol. The van der Waals surface area contributed by atoms with Gasteiger partial charge in [-0.3, -0.25) is 0 Å². The number of anilines is 6. The second-order valence-electron chi connectivity index (χ2n) is 9.99. The smallest absolute Gasteiger partial charge is 0.475 e. The van der Waals surface area contributed by atoms with Gasteiger partial charge in [0.05, 0.1) is 6.20 Å². The SMILES string of the molecule is CCC(C)c1ccccc1NC(=O)Nc1ccc2cc1CCc1cccc(c1)Nc1ncc(Cl)c(n1)N2.O=C(O)C(F)(F)F. The molecule has 1 aromatic heterocycles. The van der Waals surface area contributed by atoms with Gasteiger partial charge in [0.1, 0.15) is 5.02 Å². The van der Waals surface area contributed by atoms with Gasteiger partial charge in [-0.1, -0.05) is 55.8 Å². The van der Waals surface area contributed by atoms with Crippen LogP contribution in [0.3, 0.4) is 0 Å². The third-order valence-corrected chi connectivity index (χ3v) is 7.10. The molecule has 0 saturated carbocycles. The number of carbonyl (C=O) groups is 2. The lowest BCUT2D eigenvalue weighted by atomic mass is 9.97. The van der Waals surface area contributed by atoms with E-state index >= 15 is 0 Å². The Hall–Kier alpha value is -4.84. The molecule has 1 atom stereocenters. The minimum absolute atomic E-state index is 0.273. The van der Waals surface area contributed by atoms with Gasteiger partial charge in [0.25, 0.3) is 0 Å². The Morgan fingerprint density at radius 1 is 0.977 bits per heavy atom. The summed E-state index contributed by atoms with van der Waals surface area (Å²) in [5, 5.41) is 20.2. The van der Waals surface area contributed by atoms with E-state index in [1.54, 1.807) is 6.20 Å². The fourth-order valence-electron chi connectivity index (χ4n) is 4.40. The summed E-state index contributed by atoms with van der Waals surface area (Å²) in [6.45, 7) is 4.31. The van der Waals surface area contributed by atoms with Gasteiger partial charge in [-0.15, -0.1) is 0 Å². The second-order valence-corrected chi connectivity index (χ2v) is 10.4. The molecule has 5 N–H and O–H groups in total. The van der Waals surface area contributed by atoms with Crippen molar-refractivity contribution in [1.29, 1.82) is 0 Å². The van der Waals surface area contributed by atoms with Crippen LogP contribution in [0.25, 0.3) is 0 Å². The van der Waals surface area contributed by atoms with Crippen LogP contribution >= 0.6 is 11.6 Å². The van der Waals surface area contributed by atoms with Crippen LogP contribution in [0.4, 0.5) is 52.5 Å². The highest BCUT2D eigenvalue weighted by Crippen LogP contribution is 2.30. The Morgan fingerprint density at radius 2 is 1.68 bits per heavy atom. The number of nitrogens with one attached hydrogen (secondary N) is 4. The van der Waals surface area contributed by atoms with Crippen molar-refractivity contribution < 1.29 is 27.9 Å². The van der Waals surface area contributed by atoms with Crippen molar-refractivity contribution in [3.63, 3.8) is 0 Å². The van der Waals surface area contributed by atoms with E-state index < -0.39 is 12.1 Å². The van der Waals surface area contributed by atoms with Crippen molar-refractivity contribution in [1.82, 2.24) is 9.97 Å². The Labute approximate surface area is 256 Å². The number of alkyl halides is 3. The summed E-state index contributed by atoms with van der Waals surface area (Å²) in [6, 6.07) is 21.7. The molecule has 0 saturated heterocycles. The quantitative estimate of drug-likeness (QED) is 0.154. The summed E-state index contributed by atoms with van der Waals surface area (Å²) >= 11 is 6.38. The monoisotopic (exact) mass is 626 g/mol. The number of aryl methyl sites for hydroxylation is 2. The molecular formula is C31H30ClF3N6O3. The van der Waals surface area contributed by atoms with E-state index in [1.807, 2.05) is 48.5 Å². The molecular weight excluding hydrogens is 597 g/mol. The highest BCUT2D eigenvalue weighted by molar-refractivity contribution is 6.32. The molecule has 6 bridgehead atoms. The first-order chi connectivity index (χ1) is 20.9. The first-order valence-corrected chi connectivity index (χ1v) is 14.1. The van der Waals surface area contributed by atoms with Crippen molar-refractivity contribution in [2.24, 2.45) is 0 Å².